The minimum atomic E-state index is -1.33. The van der Waals surface area contributed by atoms with Gasteiger partial charge in [0.25, 0.3) is 5.56 Å². The molecule has 0 aromatic carbocycles. The van der Waals surface area contributed by atoms with Crippen molar-refractivity contribution in [3.8, 4) is 0 Å². The van der Waals surface area contributed by atoms with Gasteiger partial charge in [-0.2, -0.15) is 0 Å². The second-order valence-electron chi connectivity index (χ2n) is 5.22. The van der Waals surface area contributed by atoms with E-state index in [1.54, 1.807) is 0 Å². The predicted octanol–water partition coefficient (Wildman–Crippen LogP) is 0.109. The lowest BCUT2D eigenvalue weighted by Crippen LogP contribution is -2.37. The van der Waals surface area contributed by atoms with Crippen LogP contribution in [-0.2, 0) is 6.54 Å². The minimum Gasteiger partial charge on any atom is -0.477 e. The van der Waals surface area contributed by atoms with E-state index in [1.165, 1.54) is 17.4 Å². The molecular weight excluding hydrogens is 262 g/mol. The molecule has 7 heteroatoms. The van der Waals surface area contributed by atoms with Gasteiger partial charge in [-0.15, -0.1) is 0 Å². The molecule has 1 saturated carbocycles. The van der Waals surface area contributed by atoms with Crippen LogP contribution in [0.3, 0.4) is 0 Å². The fourth-order valence-electron chi connectivity index (χ4n) is 2.62. The number of likely N-dealkylation sites (N-methyl/N-ethyl adjacent to an activating group) is 1. The van der Waals surface area contributed by atoms with Crippen molar-refractivity contribution in [1.82, 2.24) is 14.5 Å². The predicted molar refractivity (Wildman–Crippen MR) is 73.2 cm³/mol. The first-order valence-corrected chi connectivity index (χ1v) is 6.76. The Hall–Kier alpha value is -1.89. The fraction of sp³-hybridized carbons (Fsp3) is 0.615. The molecule has 20 heavy (non-hydrogen) atoms. The standard InChI is InChI=1S/C13H19N3O4/c1-15(9-4-2-3-5-9)6-7-16-8-10(12(18)19)11(17)14-13(16)20/h8-9H,2-7H2,1H3,(H,18,19)(H,14,17,20). The molecule has 1 aliphatic rings. The van der Waals surface area contributed by atoms with Crippen LogP contribution >= 0.6 is 0 Å². The number of nitrogens with one attached hydrogen (secondary N) is 1. The molecule has 0 unspecified atom stereocenters. The lowest BCUT2D eigenvalue weighted by Gasteiger charge is -2.24. The van der Waals surface area contributed by atoms with Gasteiger partial charge in [0.2, 0.25) is 0 Å². The molecule has 1 heterocycles. The Bertz CT molecular complexity index is 598. The summed E-state index contributed by atoms with van der Waals surface area (Å²) in [6.45, 7) is 1.01. The highest BCUT2D eigenvalue weighted by Crippen LogP contribution is 2.21. The molecule has 2 rings (SSSR count). The van der Waals surface area contributed by atoms with Crippen LogP contribution in [0, 0.1) is 0 Å². The molecule has 7 nitrogen and oxygen atoms in total. The van der Waals surface area contributed by atoms with Gasteiger partial charge < -0.3 is 10.0 Å². The Morgan fingerprint density at radius 1 is 1.45 bits per heavy atom. The zero-order valence-corrected chi connectivity index (χ0v) is 11.5. The van der Waals surface area contributed by atoms with E-state index < -0.39 is 22.8 Å². The average molecular weight is 281 g/mol. The van der Waals surface area contributed by atoms with Crippen LogP contribution in [-0.4, -0.2) is 45.2 Å². The summed E-state index contributed by atoms with van der Waals surface area (Å²) in [7, 11) is 2.00. The van der Waals surface area contributed by atoms with Gasteiger partial charge in [0.1, 0.15) is 5.56 Å². The SMILES string of the molecule is CN(CCn1cc(C(=O)O)c(=O)[nH]c1=O)C1CCCC1. The maximum atomic E-state index is 11.6. The van der Waals surface area contributed by atoms with E-state index in [-0.39, 0.29) is 0 Å². The van der Waals surface area contributed by atoms with Crippen molar-refractivity contribution in [2.75, 3.05) is 13.6 Å². The number of aromatic nitrogens is 2. The third-order valence-electron chi connectivity index (χ3n) is 3.88. The van der Waals surface area contributed by atoms with Crippen molar-refractivity contribution in [1.29, 1.82) is 0 Å². The molecule has 1 aromatic heterocycles. The summed E-state index contributed by atoms with van der Waals surface area (Å²) in [5, 5.41) is 8.89. The van der Waals surface area contributed by atoms with Crippen LogP contribution in [0.25, 0.3) is 0 Å². The largest absolute Gasteiger partial charge is 0.477 e. The van der Waals surface area contributed by atoms with Crippen molar-refractivity contribution in [2.24, 2.45) is 0 Å². The molecule has 2 N–H and O–H groups in total. The second kappa shape index (κ2) is 6.04. The molecule has 0 atom stereocenters. The summed E-state index contributed by atoms with van der Waals surface area (Å²) in [6, 6.07) is 0.535. The normalized spacial score (nSPS) is 15.9. The summed E-state index contributed by atoms with van der Waals surface area (Å²) >= 11 is 0. The summed E-state index contributed by atoms with van der Waals surface area (Å²) < 4.78 is 1.25. The smallest absolute Gasteiger partial charge is 0.342 e. The third kappa shape index (κ3) is 3.16. The first-order valence-electron chi connectivity index (χ1n) is 6.76. The Morgan fingerprint density at radius 3 is 2.70 bits per heavy atom. The first-order chi connectivity index (χ1) is 9.49. The third-order valence-corrected chi connectivity index (χ3v) is 3.88. The number of nitrogens with zero attached hydrogens (tertiary/aromatic N) is 2. The molecule has 0 saturated heterocycles. The van der Waals surface area contributed by atoms with Crippen molar-refractivity contribution < 1.29 is 9.90 Å². The van der Waals surface area contributed by atoms with Crippen LogP contribution in [0.15, 0.2) is 15.8 Å². The number of hydrogen-bond donors (Lipinski definition) is 2. The van der Waals surface area contributed by atoms with Gasteiger partial charge in [-0.25, -0.2) is 9.59 Å². The van der Waals surface area contributed by atoms with E-state index in [2.05, 4.69) is 4.90 Å². The van der Waals surface area contributed by atoms with E-state index in [0.717, 1.165) is 19.0 Å². The van der Waals surface area contributed by atoms with Crippen molar-refractivity contribution in [3.05, 3.63) is 32.6 Å². The Morgan fingerprint density at radius 2 is 2.10 bits per heavy atom. The lowest BCUT2D eigenvalue weighted by molar-refractivity contribution is 0.0693. The van der Waals surface area contributed by atoms with Gasteiger partial charge >= 0.3 is 11.7 Å². The van der Waals surface area contributed by atoms with E-state index in [1.807, 2.05) is 12.0 Å². The maximum Gasteiger partial charge on any atom is 0.342 e. The van der Waals surface area contributed by atoms with Crippen LogP contribution in [0.1, 0.15) is 36.0 Å². The summed E-state index contributed by atoms with van der Waals surface area (Å²) in [4.78, 5) is 38.1. The van der Waals surface area contributed by atoms with Gasteiger partial charge in [0.05, 0.1) is 0 Å². The second-order valence-corrected chi connectivity index (χ2v) is 5.22. The molecule has 1 aliphatic carbocycles. The summed E-state index contributed by atoms with van der Waals surface area (Å²) in [5.41, 5.74) is -1.84. The van der Waals surface area contributed by atoms with E-state index >= 15 is 0 Å². The monoisotopic (exact) mass is 281 g/mol. The van der Waals surface area contributed by atoms with Crippen LogP contribution in [0.4, 0.5) is 0 Å². The number of carboxylic acids is 1. The fourth-order valence-corrected chi connectivity index (χ4v) is 2.62. The topological polar surface area (TPSA) is 95.4 Å². The molecule has 1 aromatic rings. The molecule has 0 aliphatic heterocycles. The van der Waals surface area contributed by atoms with Crippen molar-refractivity contribution in [3.63, 3.8) is 0 Å². The van der Waals surface area contributed by atoms with E-state index in [9.17, 15) is 14.4 Å². The highest BCUT2D eigenvalue weighted by atomic mass is 16.4. The molecule has 0 spiro atoms. The number of aromatic amines is 1. The molecule has 1 fully saturated rings. The number of carboxylic acid groups (broad SMARTS) is 1. The Kier molecular flexibility index (Phi) is 4.39. The van der Waals surface area contributed by atoms with Gasteiger partial charge in [-0.05, 0) is 19.9 Å². The zero-order valence-electron chi connectivity index (χ0n) is 11.5. The molecular formula is C13H19N3O4. The van der Waals surface area contributed by atoms with E-state index in [4.69, 9.17) is 5.11 Å². The molecule has 0 bridgehead atoms. The summed E-state index contributed by atoms with van der Waals surface area (Å²) in [5.74, 6) is -1.33. The van der Waals surface area contributed by atoms with Crippen LogP contribution < -0.4 is 11.2 Å². The quantitative estimate of drug-likeness (QED) is 0.798. The van der Waals surface area contributed by atoms with Gasteiger partial charge in [0, 0.05) is 25.3 Å². The van der Waals surface area contributed by atoms with Gasteiger partial charge in [-0.1, -0.05) is 12.8 Å². The summed E-state index contributed by atoms with van der Waals surface area (Å²) in [6.07, 6.45) is 5.91. The molecule has 0 radical (unpaired) electrons. The average Bonchev–Trinajstić information content (AvgIpc) is 2.90. The zero-order chi connectivity index (χ0) is 14.7. The maximum absolute atomic E-state index is 11.6. The first kappa shape index (κ1) is 14.5. The number of H-pyrrole nitrogens is 1. The van der Waals surface area contributed by atoms with Crippen LogP contribution in [0.5, 0.6) is 0 Å². The molecule has 0 amide bonds. The number of aromatic carboxylic acids is 1. The van der Waals surface area contributed by atoms with Gasteiger partial charge in [0.15, 0.2) is 0 Å². The highest BCUT2D eigenvalue weighted by Gasteiger charge is 2.19. The number of hydrogen-bond acceptors (Lipinski definition) is 4. The van der Waals surface area contributed by atoms with E-state index in [0.29, 0.717) is 19.1 Å². The minimum absolute atomic E-state index is 0.364. The highest BCUT2D eigenvalue weighted by molar-refractivity contribution is 5.86. The van der Waals surface area contributed by atoms with Crippen molar-refractivity contribution in [2.45, 2.75) is 38.3 Å². The number of carbonyl (C=O) groups is 1. The van der Waals surface area contributed by atoms with Crippen molar-refractivity contribution >= 4 is 5.97 Å². The van der Waals surface area contributed by atoms with Gasteiger partial charge in [-0.3, -0.25) is 14.3 Å². The van der Waals surface area contributed by atoms with Crippen LogP contribution in [0.2, 0.25) is 0 Å². The number of rotatable bonds is 5. The molecule has 110 valence electrons. The lowest BCUT2D eigenvalue weighted by atomic mass is 10.2. The Labute approximate surface area is 115 Å². The Balaban J connectivity index is 2.09.